The summed E-state index contributed by atoms with van der Waals surface area (Å²) >= 11 is 11.5. The number of benzene rings is 1. The predicted molar refractivity (Wildman–Crippen MR) is 78.6 cm³/mol. The molecule has 1 nitrogen and oxygen atoms in total. The van der Waals surface area contributed by atoms with E-state index in [1.165, 1.54) is 12.2 Å². The third kappa shape index (κ3) is 4.66. The van der Waals surface area contributed by atoms with E-state index in [-0.39, 0.29) is 0 Å². The summed E-state index contributed by atoms with van der Waals surface area (Å²) in [5.74, 6) is 1.20. The Labute approximate surface area is 115 Å². The van der Waals surface area contributed by atoms with Gasteiger partial charge in [0.2, 0.25) is 0 Å². The van der Waals surface area contributed by atoms with Gasteiger partial charge in [-0.3, -0.25) is 0 Å². The van der Waals surface area contributed by atoms with Crippen LogP contribution in [0.25, 0.3) is 0 Å². The van der Waals surface area contributed by atoms with Crippen molar-refractivity contribution in [3.63, 3.8) is 0 Å². The molecule has 90 valence electrons. The minimum absolute atomic E-state index is 0.308. The normalized spacial score (nSPS) is 12.8. The highest BCUT2D eigenvalue weighted by Crippen LogP contribution is 2.26. The molecule has 0 fully saturated rings. The molecule has 16 heavy (non-hydrogen) atoms. The SMILES string of the molecule is CSCCCNC(C)c1ccc(Br)cc1Cl. The van der Waals surface area contributed by atoms with Crippen LogP contribution in [0.15, 0.2) is 22.7 Å². The van der Waals surface area contributed by atoms with E-state index in [1.54, 1.807) is 0 Å². The smallest absolute Gasteiger partial charge is 0.0464 e. The predicted octanol–water partition coefficient (Wildman–Crippen LogP) is 4.51. The molecule has 0 radical (unpaired) electrons. The molecular formula is C12H17BrClNS. The minimum atomic E-state index is 0.308. The van der Waals surface area contributed by atoms with E-state index >= 15 is 0 Å². The Kier molecular flexibility index (Phi) is 6.81. The number of rotatable bonds is 6. The van der Waals surface area contributed by atoms with Gasteiger partial charge in [0.05, 0.1) is 0 Å². The zero-order valence-corrected chi connectivity index (χ0v) is 12.8. The summed E-state index contributed by atoms with van der Waals surface area (Å²) in [7, 11) is 0. The Morgan fingerprint density at radius 3 is 2.88 bits per heavy atom. The monoisotopic (exact) mass is 321 g/mol. The van der Waals surface area contributed by atoms with Crippen molar-refractivity contribution in [2.24, 2.45) is 0 Å². The molecule has 0 aliphatic heterocycles. The van der Waals surface area contributed by atoms with Crippen LogP contribution in [-0.4, -0.2) is 18.6 Å². The quantitative estimate of drug-likeness (QED) is 0.774. The van der Waals surface area contributed by atoms with E-state index in [0.29, 0.717) is 6.04 Å². The summed E-state index contributed by atoms with van der Waals surface area (Å²) in [5.41, 5.74) is 1.16. The average Bonchev–Trinajstić information content (AvgIpc) is 2.24. The van der Waals surface area contributed by atoms with E-state index in [0.717, 1.165) is 21.6 Å². The molecule has 0 amide bonds. The second kappa shape index (κ2) is 7.59. The second-order valence-corrected chi connectivity index (χ2v) is 6.00. The van der Waals surface area contributed by atoms with Crippen molar-refractivity contribution in [3.8, 4) is 0 Å². The molecule has 1 atom stereocenters. The highest BCUT2D eigenvalue weighted by Gasteiger charge is 2.08. The maximum atomic E-state index is 6.19. The number of nitrogens with one attached hydrogen (secondary N) is 1. The van der Waals surface area contributed by atoms with Crippen LogP contribution in [0, 0.1) is 0 Å². The fourth-order valence-electron chi connectivity index (χ4n) is 1.50. The van der Waals surface area contributed by atoms with Crippen molar-refractivity contribution in [1.29, 1.82) is 0 Å². The summed E-state index contributed by atoms with van der Waals surface area (Å²) in [6.45, 7) is 3.18. The van der Waals surface area contributed by atoms with Gasteiger partial charge >= 0.3 is 0 Å². The van der Waals surface area contributed by atoms with Crippen LogP contribution in [0.4, 0.5) is 0 Å². The standard InChI is InChI=1S/C12H17BrClNS/c1-9(15-6-3-7-16-2)11-5-4-10(13)8-12(11)14/h4-5,8-9,15H,3,6-7H2,1-2H3. The first kappa shape index (κ1) is 14.4. The first-order valence-electron chi connectivity index (χ1n) is 5.32. The molecule has 4 heteroatoms. The lowest BCUT2D eigenvalue weighted by atomic mass is 10.1. The maximum absolute atomic E-state index is 6.19. The van der Waals surface area contributed by atoms with Crippen LogP contribution in [0.3, 0.4) is 0 Å². The Balaban J connectivity index is 2.49. The molecule has 0 bridgehead atoms. The average molecular weight is 323 g/mol. The lowest BCUT2D eigenvalue weighted by Crippen LogP contribution is -2.20. The van der Waals surface area contributed by atoms with Crippen LogP contribution >= 0.6 is 39.3 Å². The van der Waals surface area contributed by atoms with Gasteiger partial charge in [-0.1, -0.05) is 33.6 Å². The third-order valence-corrected chi connectivity index (χ3v) is 3.92. The van der Waals surface area contributed by atoms with E-state index in [4.69, 9.17) is 11.6 Å². The van der Waals surface area contributed by atoms with Crippen molar-refractivity contribution in [2.45, 2.75) is 19.4 Å². The van der Waals surface area contributed by atoms with Gasteiger partial charge < -0.3 is 5.32 Å². The minimum Gasteiger partial charge on any atom is -0.310 e. The number of hydrogen-bond acceptors (Lipinski definition) is 2. The van der Waals surface area contributed by atoms with Crippen LogP contribution in [0.2, 0.25) is 5.02 Å². The van der Waals surface area contributed by atoms with Gasteiger partial charge in [-0.2, -0.15) is 11.8 Å². The zero-order valence-electron chi connectivity index (χ0n) is 9.59. The molecule has 1 rings (SSSR count). The molecule has 0 aliphatic carbocycles. The highest BCUT2D eigenvalue weighted by molar-refractivity contribution is 9.10. The molecule has 0 saturated heterocycles. The summed E-state index contributed by atoms with van der Waals surface area (Å²) in [6.07, 6.45) is 3.33. The summed E-state index contributed by atoms with van der Waals surface area (Å²) < 4.78 is 1.02. The summed E-state index contributed by atoms with van der Waals surface area (Å²) in [5, 5.41) is 4.30. The van der Waals surface area contributed by atoms with Gasteiger partial charge in [0.25, 0.3) is 0 Å². The van der Waals surface area contributed by atoms with Crippen molar-refractivity contribution in [3.05, 3.63) is 33.3 Å². The topological polar surface area (TPSA) is 12.0 Å². The van der Waals surface area contributed by atoms with E-state index < -0.39 is 0 Å². The first-order valence-corrected chi connectivity index (χ1v) is 7.89. The van der Waals surface area contributed by atoms with Crippen LogP contribution in [0.1, 0.15) is 24.9 Å². The molecular weight excluding hydrogens is 306 g/mol. The van der Waals surface area contributed by atoms with E-state index in [1.807, 2.05) is 23.9 Å². The lowest BCUT2D eigenvalue weighted by Gasteiger charge is -2.15. The molecule has 0 aliphatic rings. The maximum Gasteiger partial charge on any atom is 0.0464 e. The summed E-state index contributed by atoms with van der Waals surface area (Å²) in [4.78, 5) is 0. The lowest BCUT2D eigenvalue weighted by molar-refractivity contribution is 0.572. The molecule has 0 saturated carbocycles. The Morgan fingerprint density at radius 1 is 1.50 bits per heavy atom. The van der Waals surface area contributed by atoms with Crippen molar-refractivity contribution in [1.82, 2.24) is 5.32 Å². The van der Waals surface area contributed by atoms with Crippen molar-refractivity contribution >= 4 is 39.3 Å². The molecule has 0 aromatic heterocycles. The van der Waals surface area contributed by atoms with Crippen LogP contribution in [0.5, 0.6) is 0 Å². The van der Waals surface area contributed by atoms with Crippen LogP contribution < -0.4 is 5.32 Å². The first-order chi connectivity index (χ1) is 7.65. The van der Waals surface area contributed by atoms with Crippen molar-refractivity contribution < 1.29 is 0 Å². The molecule has 0 spiro atoms. The molecule has 1 aromatic carbocycles. The highest BCUT2D eigenvalue weighted by atomic mass is 79.9. The van der Waals surface area contributed by atoms with E-state index in [2.05, 4.69) is 40.5 Å². The second-order valence-electron chi connectivity index (χ2n) is 3.69. The van der Waals surface area contributed by atoms with E-state index in [9.17, 15) is 0 Å². The van der Waals surface area contributed by atoms with Crippen molar-refractivity contribution in [2.75, 3.05) is 18.6 Å². The number of hydrogen-bond donors (Lipinski definition) is 1. The Morgan fingerprint density at radius 2 is 2.25 bits per heavy atom. The Hall–Kier alpha value is 0.300. The number of halogens is 2. The summed E-state index contributed by atoms with van der Waals surface area (Å²) in [6, 6.07) is 6.35. The van der Waals surface area contributed by atoms with Crippen LogP contribution in [-0.2, 0) is 0 Å². The van der Waals surface area contributed by atoms with Gasteiger partial charge in [0.1, 0.15) is 0 Å². The van der Waals surface area contributed by atoms with Gasteiger partial charge in [0, 0.05) is 15.5 Å². The van der Waals surface area contributed by atoms with Gasteiger partial charge in [-0.05, 0) is 49.6 Å². The fraction of sp³-hybridized carbons (Fsp3) is 0.500. The van der Waals surface area contributed by atoms with Gasteiger partial charge in [-0.15, -0.1) is 0 Å². The molecule has 1 unspecified atom stereocenters. The number of thioether (sulfide) groups is 1. The Bertz CT molecular complexity index is 333. The molecule has 1 aromatic rings. The van der Waals surface area contributed by atoms with Gasteiger partial charge in [-0.25, -0.2) is 0 Å². The largest absolute Gasteiger partial charge is 0.310 e. The molecule has 0 heterocycles. The third-order valence-electron chi connectivity index (χ3n) is 2.40. The zero-order chi connectivity index (χ0) is 12.0. The van der Waals surface area contributed by atoms with Gasteiger partial charge in [0.15, 0.2) is 0 Å². The molecule has 1 N–H and O–H groups in total. The fourth-order valence-corrected chi connectivity index (χ4v) is 2.77.